The standard InChI is InChI=1S/C13H17Cl2O4P/c1-12(2)8-18-20(17,19-9-12)13(16,7-14)10-3-5-11(15)6-4-10/h3-6,16H,7-9H2,1-2H3. The maximum atomic E-state index is 12.8. The van der Waals surface area contributed by atoms with Crippen LogP contribution in [0.2, 0.25) is 5.02 Å². The first-order valence-electron chi connectivity index (χ1n) is 6.16. The zero-order valence-electron chi connectivity index (χ0n) is 11.3. The van der Waals surface area contributed by atoms with E-state index in [-0.39, 0.29) is 24.5 Å². The predicted molar refractivity (Wildman–Crippen MR) is 79.4 cm³/mol. The molecule has 1 aromatic carbocycles. The lowest BCUT2D eigenvalue weighted by atomic mass is 9.97. The van der Waals surface area contributed by atoms with E-state index in [1.807, 2.05) is 13.8 Å². The van der Waals surface area contributed by atoms with Crippen molar-refractivity contribution in [2.24, 2.45) is 5.41 Å². The number of hydrogen-bond donors (Lipinski definition) is 1. The predicted octanol–water partition coefficient (Wildman–Crippen LogP) is 3.99. The third kappa shape index (κ3) is 2.92. The maximum Gasteiger partial charge on any atom is 0.367 e. The lowest BCUT2D eigenvalue weighted by molar-refractivity contribution is 0.00142. The number of aliphatic hydroxyl groups is 1. The fourth-order valence-electron chi connectivity index (χ4n) is 1.84. The Hall–Kier alpha value is -0.0900. The molecule has 0 aromatic heterocycles. The molecule has 1 saturated heterocycles. The summed E-state index contributed by atoms with van der Waals surface area (Å²) in [5.74, 6) is -0.299. The molecule has 7 heteroatoms. The molecule has 0 saturated carbocycles. The van der Waals surface area contributed by atoms with Gasteiger partial charge >= 0.3 is 7.60 Å². The highest BCUT2D eigenvalue weighted by molar-refractivity contribution is 7.55. The number of alkyl halides is 1. The van der Waals surface area contributed by atoms with Gasteiger partial charge in [-0.25, -0.2) is 0 Å². The Morgan fingerprint density at radius 3 is 2.25 bits per heavy atom. The maximum absolute atomic E-state index is 12.8. The van der Waals surface area contributed by atoms with Crippen LogP contribution in [0.1, 0.15) is 19.4 Å². The van der Waals surface area contributed by atoms with Gasteiger partial charge in [-0.05, 0) is 17.7 Å². The molecule has 0 radical (unpaired) electrons. The summed E-state index contributed by atoms with van der Waals surface area (Å²) in [5, 5.41) is 9.38. The summed E-state index contributed by atoms with van der Waals surface area (Å²) in [4.78, 5) is 0. The molecule has 1 aromatic rings. The SMILES string of the molecule is CC1(C)COP(=O)(C(O)(CCl)c2ccc(Cl)cc2)OC1. The van der Waals surface area contributed by atoms with Crippen LogP contribution in [-0.4, -0.2) is 24.2 Å². The number of halogens is 2. The van der Waals surface area contributed by atoms with Gasteiger partial charge < -0.3 is 14.2 Å². The van der Waals surface area contributed by atoms with Gasteiger partial charge in [-0.1, -0.05) is 37.6 Å². The van der Waals surface area contributed by atoms with Crippen molar-refractivity contribution in [1.82, 2.24) is 0 Å². The molecule has 20 heavy (non-hydrogen) atoms. The normalized spacial score (nSPS) is 24.1. The van der Waals surface area contributed by atoms with E-state index in [1.165, 1.54) is 0 Å². The quantitative estimate of drug-likeness (QED) is 0.668. The minimum absolute atomic E-state index is 0.233. The van der Waals surface area contributed by atoms with Crippen molar-refractivity contribution >= 4 is 30.8 Å². The number of hydrogen-bond acceptors (Lipinski definition) is 4. The summed E-state index contributed by atoms with van der Waals surface area (Å²) in [5.41, 5.74) is 0.112. The highest BCUT2D eigenvalue weighted by atomic mass is 35.5. The van der Waals surface area contributed by atoms with E-state index in [0.717, 1.165) is 0 Å². The Morgan fingerprint density at radius 1 is 1.30 bits per heavy atom. The van der Waals surface area contributed by atoms with Crippen LogP contribution in [0.25, 0.3) is 0 Å². The van der Waals surface area contributed by atoms with E-state index in [4.69, 9.17) is 32.2 Å². The Bertz CT molecular complexity index is 518. The fourth-order valence-corrected chi connectivity index (χ4v) is 4.71. The van der Waals surface area contributed by atoms with Gasteiger partial charge in [-0.15, -0.1) is 11.6 Å². The Balaban J connectivity index is 2.36. The van der Waals surface area contributed by atoms with Crippen LogP contribution in [0, 0.1) is 5.41 Å². The van der Waals surface area contributed by atoms with Crippen molar-refractivity contribution in [3.05, 3.63) is 34.9 Å². The largest absolute Gasteiger partial charge is 0.372 e. The van der Waals surface area contributed by atoms with Crippen molar-refractivity contribution in [3.63, 3.8) is 0 Å². The lowest BCUT2D eigenvalue weighted by Gasteiger charge is -2.40. The lowest BCUT2D eigenvalue weighted by Crippen LogP contribution is -2.38. The van der Waals surface area contributed by atoms with E-state index in [9.17, 15) is 9.67 Å². The third-order valence-electron chi connectivity index (χ3n) is 3.20. The molecule has 2 rings (SSSR count). The molecule has 112 valence electrons. The Labute approximate surface area is 128 Å². The number of rotatable bonds is 3. The molecular formula is C13H17Cl2O4P. The van der Waals surface area contributed by atoms with Gasteiger partial charge in [0, 0.05) is 10.4 Å². The highest BCUT2D eigenvalue weighted by Gasteiger charge is 2.54. The minimum Gasteiger partial charge on any atom is -0.372 e. The molecule has 1 atom stereocenters. The van der Waals surface area contributed by atoms with Gasteiger partial charge in [-0.2, -0.15) is 0 Å². The van der Waals surface area contributed by atoms with Crippen LogP contribution in [-0.2, 0) is 19.0 Å². The van der Waals surface area contributed by atoms with E-state index in [1.54, 1.807) is 24.3 Å². The average molecular weight is 339 g/mol. The second-order valence-corrected chi connectivity index (χ2v) is 8.62. The Morgan fingerprint density at radius 2 is 1.80 bits per heavy atom. The summed E-state index contributed by atoms with van der Waals surface area (Å²) in [6.45, 7) is 4.32. The first kappa shape index (κ1) is 16.3. The van der Waals surface area contributed by atoms with Crippen LogP contribution in [0.3, 0.4) is 0 Å². The zero-order chi connectivity index (χ0) is 15.0. The van der Waals surface area contributed by atoms with Crippen molar-refractivity contribution in [2.75, 3.05) is 19.1 Å². The molecule has 4 nitrogen and oxygen atoms in total. The van der Waals surface area contributed by atoms with Crippen molar-refractivity contribution < 1.29 is 18.7 Å². The molecule has 0 spiro atoms. The van der Waals surface area contributed by atoms with E-state index >= 15 is 0 Å². The van der Waals surface area contributed by atoms with Gasteiger partial charge in [0.1, 0.15) is 0 Å². The van der Waals surface area contributed by atoms with E-state index in [2.05, 4.69) is 0 Å². The molecule has 0 aliphatic carbocycles. The molecule has 1 aliphatic rings. The first-order valence-corrected chi connectivity index (χ1v) is 8.62. The molecule has 1 fully saturated rings. The van der Waals surface area contributed by atoms with Gasteiger partial charge in [0.15, 0.2) is 0 Å². The summed E-state index contributed by atoms with van der Waals surface area (Å²) in [7, 11) is -3.77. The first-order chi connectivity index (χ1) is 9.22. The monoisotopic (exact) mass is 338 g/mol. The van der Waals surface area contributed by atoms with E-state index < -0.39 is 12.9 Å². The summed E-state index contributed by atoms with van der Waals surface area (Å²) in [6.07, 6.45) is 0. The van der Waals surface area contributed by atoms with Crippen molar-refractivity contribution in [2.45, 2.75) is 19.2 Å². The fraction of sp³-hybridized carbons (Fsp3) is 0.538. The highest BCUT2D eigenvalue weighted by Crippen LogP contribution is 2.66. The topological polar surface area (TPSA) is 55.8 Å². The molecule has 0 bridgehead atoms. The minimum atomic E-state index is -3.77. The summed E-state index contributed by atoms with van der Waals surface area (Å²) < 4.78 is 23.6. The second kappa shape index (κ2) is 5.60. The second-order valence-electron chi connectivity index (χ2n) is 5.67. The smallest absolute Gasteiger partial charge is 0.367 e. The van der Waals surface area contributed by atoms with Gasteiger partial charge in [-0.3, -0.25) is 4.57 Å². The number of benzene rings is 1. The van der Waals surface area contributed by atoms with Gasteiger partial charge in [0.05, 0.1) is 19.1 Å². The van der Waals surface area contributed by atoms with Gasteiger partial charge in [0.25, 0.3) is 0 Å². The molecular weight excluding hydrogens is 322 g/mol. The van der Waals surface area contributed by atoms with Crippen LogP contribution < -0.4 is 0 Å². The van der Waals surface area contributed by atoms with Gasteiger partial charge in [0.2, 0.25) is 5.34 Å². The summed E-state index contributed by atoms with van der Waals surface area (Å²) >= 11 is 11.7. The Kier molecular flexibility index (Phi) is 4.56. The average Bonchev–Trinajstić information content (AvgIpc) is 2.42. The van der Waals surface area contributed by atoms with Crippen LogP contribution in [0.5, 0.6) is 0 Å². The zero-order valence-corrected chi connectivity index (χ0v) is 13.7. The third-order valence-corrected chi connectivity index (χ3v) is 6.28. The van der Waals surface area contributed by atoms with Crippen molar-refractivity contribution in [3.8, 4) is 0 Å². The van der Waals surface area contributed by atoms with Crippen LogP contribution >= 0.6 is 30.8 Å². The van der Waals surface area contributed by atoms with Crippen molar-refractivity contribution in [1.29, 1.82) is 0 Å². The molecule has 1 unspecified atom stereocenters. The molecule has 0 amide bonds. The molecule has 1 heterocycles. The molecule has 1 N–H and O–H groups in total. The van der Waals surface area contributed by atoms with E-state index in [0.29, 0.717) is 10.6 Å². The van der Waals surface area contributed by atoms with Crippen LogP contribution in [0.15, 0.2) is 24.3 Å². The summed E-state index contributed by atoms with van der Waals surface area (Å²) in [6, 6.07) is 6.32. The van der Waals surface area contributed by atoms with Crippen LogP contribution in [0.4, 0.5) is 0 Å². The molecule has 1 aliphatic heterocycles.